The molecule has 0 aliphatic carbocycles. The molecule has 35 heavy (non-hydrogen) atoms. The first-order chi connectivity index (χ1) is 16.6. The van der Waals surface area contributed by atoms with Gasteiger partial charge in [-0.25, -0.2) is 8.42 Å². The quantitative estimate of drug-likeness (QED) is 0.168. The Labute approximate surface area is 205 Å². The molecular weight excluding hydrogens is 474 g/mol. The minimum Gasteiger partial charge on any atom is -0.497 e. The highest BCUT2D eigenvalue weighted by Gasteiger charge is 2.30. The van der Waals surface area contributed by atoms with Gasteiger partial charge in [-0.05, 0) is 54.3 Å². The van der Waals surface area contributed by atoms with E-state index in [0.717, 1.165) is 16.7 Å². The highest BCUT2D eigenvalue weighted by Crippen LogP contribution is 2.24. The molecule has 0 saturated heterocycles. The number of rotatable bonds is 14. The van der Waals surface area contributed by atoms with Crippen LogP contribution in [0.4, 0.5) is 0 Å². The zero-order chi connectivity index (χ0) is 26.0. The molecule has 1 atom stereocenters. The standard InChI is InChI=1S/C23H33N5O6S/c1-3-4-12-28(15-21(29)30)22(31)20(6-5-11-26-23(24)25)27-35(32,33)19-10-8-16-7-9-18(34-2)13-17(16)14-19/h7-10,13-14,20,27H,3-6,11-12,15H2,1-2H3,(H,29,30)(H4,24,25,26)/t20-/m0/s1. The molecule has 0 heterocycles. The number of unbranched alkanes of at least 4 members (excludes halogenated alkanes) is 1. The summed E-state index contributed by atoms with van der Waals surface area (Å²) < 4.78 is 34.2. The van der Waals surface area contributed by atoms with E-state index in [1.54, 1.807) is 18.2 Å². The molecule has 192 valence electrons. The van der Waals surface area contributed by atoms with Crippen molar-refractivity contribution in [3.8, 4) is 5.75 Å². The number of sulfonamides is 1. The lowest BCUT2D eigenvalue weighted by atomic mass is 10.1. The minimum atomic E-state index is -4.12. The number of fused-ring (bicyclic) bond motifs is 1. The van der Waals surface area contributed by atoms with Gasteiger partial charge in [-0.2, -0.15) is 4.72 Å². The number of carboxylic acid groups (broad SMARTS) is 1. The average molecular weight is 508 g/mol. The van der Waals surface area contributed by atoms with Crippen LogP contribution in [0.1, 0.15) is 32.6 Å². The summed E-state index contributed by atoms with van der Waals surface area (Å²) in [5.41, 5.74) is 10.7. The molecule has 12 heteroatoms. The number of aliphatic imine (C=N–C) groups is 1. The summed E-state index contributed by atoms with van der Waals surface area (Å²) in [5.74, 6) is -1.33. The predicted octanol–water partition coefficient (Wildman–Crippen LogP) is 1.26. The number of nitrogens with two attached hydrogens (primary N) is 2. The molecule has 0 aliphatic rings. The first kappa shape index (κ1) is 27.9. The van der Waals surface area contributed by atoms with Crippen molar-refractivity contribution in [2.45, 2.75) is 43.5 Å². The van der Waals surface area contributed by atoms with Crippen LogP contribution in [0.5, 0.6) is 5.75 Å². The SMILES string of the molecule is CCCCN(CC(=O)O)C(=O)[C@H](CCCN=C(N)N)NS(=O)(=O)c1ccc2ccc(OC)cc2c1. The third kappa shape index (κ3) is 8.41. The Hall–Kier alpha value is -3.38. The molecule has 0 aromatic heterocycles. The Morgan fingerprint density at radius 2 is 1.86 bits per heavy atom. The lowest BCUT2D eigenvalue weighted by molar-refractivity contribution is -0.145. The van der Waals surface area contributed by atoms with E-state index in [2.05, 4.69) is 9.71 Å². The Morgan fingerprint density at radius 3 is 2.49 bits per heavy atom. The van der Waals surface area contributed by atoms with E-state index in [1.807, 2.05) is 13.0 Å². The Bertz CT molecular complexity index is 1160. The number of ether oxygens (including phenoxy) is 1. The van der Waals surface area contributed by atoms with Crippen LogP contribution in [-0.4, -0.2) is 69.0 Å². The van der Waals surface area contributed by atoms with Crippen molar-refractivity contribution in [1.82, 2.24) is 9.62 Å². The van der Waals surface area contributed by atoms with Crippen molar-refractivity contribution in [3.05, 3.63) is 36.4 Å². The number of methoxy groups -OCH3 is 1. The van der Waals surface area contributed by atoms with E-state index in [-0.39, 0.29) is 30.4 Å². The number of carbonyl (C=O) groups is 2. The van der Waals surface area contributed by atoms with Gasteiger partial charge in [0.15, 0.2) is 5.96 Å². The summed E-state index contributed by atoms with van der Waals surface area (Å²) in [6.45, 7) is 1.77. The minimum absolute atomic E-state index is 0.0291. The second-order valence-corrected chi connectivity index (χ2v) is 9.72. The van der Waals surface area contributed by atoms with E-state index < -0.39 is 34.5 Å². The van der Waals surface area contributed by atoms with Gasteiger partial charge < -0.3 is 26.2 Å². The molecule has 11 nitrogen and oxygen atoms in total. The van der Waals surface area contributed by atoms with Gasteiger partial charge in [0.2, 0.25) is 15.9 Å². The van der Waals surface area contributed by atoms with Crippen molar-refractivity contribution in [1.29, 1.82) is 0 Å². The highest BCUT2D eigenvalue weighted by atomic mass is 32.2. The maximum absolute atomic E-state index is 13.3. The van der Waals surface area contributed by atoms with E-state index in [4.69, 9.17) is 16.2 Å². The highest BCUT2D eigenvalue weighted by molar-refractivity contribution is 7.89. The lowest BCUT2D eigenvalue weighted by Gasteiger charge is -2.26. The molecule has 0 unspecified atom stereocenters. The van der Waals surface area contributed by atoms with Crippen LogP contribution in [0.2, 0.25) is 0 Å². The number of nitrogens with zero attached hydrogens (tertiary/aromatic N) is 2. The van der Waals surface area contributed by atoms with Gasteiger partial charge in [0, 0.05) is 13.1 Å². The second kappa shape index (κ2) is 12.9. The number of hydrogen-bond acceptors (Lipinski definition) is 6. The van der Waals surface area contributed by atoms with Crippen LogP contribution in [0.3, 0.4) is 0 Å². The number of hydrogen-bond donors (Lipinski definition) is 4. The van der Waals surface area contributed by atoms with Gasteiger partial charge in [0.05, 0.1) is 12.0 Å². The van der Waals surface area contributed by atoms with Gasteiger partial charge in [-0.3, -0.25) is 14.6 Å². The van der Waals surface area contributed by atoms with Gasteiger partial charge in [0.25, 0.3) is 0 Å². The molecule has 6 N–H and O–H groups in total. The maximum Gasteiger partial charge on any atom is 0.323 e. The molecule has 2 aromatic carbocycles. The van der Waals surface area contributed by atoms with Crippen molar-refractivity contribution in [3.63, 3.8) is 0 Å². The normalized spacial score (nSPS) is 12.2. The zero-order valence-corrected chi connectivity index (χ0v) is 20.8. The van der Waals surface area contributed by atoms with E-state index in [0.29, 0.717) is 24.0 Å². The van der Waals surface area contributed by atoms with Crippen LogP contribution in [0.15, 0.2) is 46.3 Å². The molecule has 0 spiro atoms. The molecular formula is C23H33N5O6S. The molecule has 2 rings (SSSR count). The van der Waals surface area contributed by atoms with Gasteiger partial charge in [-0.15, -0.1) is 0 Å². The molecule has 2 aromatic rings. The number of benzene rings is 2. The monoisotopic (exact) mass is 507 g/mol. The summed E-state index contributed by atoms with van der Waals surface area (Å²) in [6.07, 6.45) is 1.71. The summed E-state index contributed by atoms with van der Waals surface area (Å²) in [5, 5.41) is 10.7. The molecule has 0 radical (unpaired) electrons. The lowest BCUT2D eigenvalue weighted by Crippen LogP contribution is -2.50. The number of guanidine groups is 1. The fraction of sp³-hybridized carbons (Fsp3) is 0.435. The number of nitrogens with one attached hydrogen (secondary N) is 1. The average Bonchev–Trinajstić information content (AvgIpc) is 2.81. The topological polar surface area (TPSA) is 177 Å². The fourth-order valence-corrected chi connectivity index (χ4v) is 4.75. The van der Waals surface area contributed by atoms with Crippen molar-refractivity contribution in [2.75, 3.05) is 26.7 Å². The summed E-state index contributed by atoms with van der Waals surface area (Å²) in [6, 6.07) is 8.71. The van der Waals surface area contributed by atoms with Crippen LogP contribution in [-0.2, 0) is 19.6 Å². The molecule has 0 saturated carbocycles. The Kier molecular flexibility index (Phi) is 10.3. The van der Waals surface area contributed by atoms with Gasteiger partial charge >= 0.3 is 5.97 Å². The van der Waals surface area contributed by atoms with Crippen molar-refractivity contribution >= 4 is 38.6 Å². The Morgan fingerprint density at radius 1 is 1.14 bits per heavy atom. The third-order valence-electron chi connectivity index (χ3n) is 5.29. The Balaban J connectivity index is 2.35. The van der Waals surface area contributed by atoms with Crippen molar-refractivity contribution < 1.29 is 27.9 Å². The molecule has 0 fully saturated rings. The largest absolute Gasteiger partial charge is 0.497 e. The van der Waals surface area contributed by atoms with Gasteiger partial charge in [0.1, 0.15) is 18.3 Å². The van der Waals surface area contributed by atoms with Crippen LogP contribution in [0, 0.1) is 0 Å². The summed E-state index contributed by atoms with van der Waals surface area (Å²) >= 11 is 0. The first-order valence-corrected chi connectivity index (χ1v) is 12.7. The van der Waals surface area contributed by atoms with Crippen LogP contribution in [0.25, 0.3) is 10.8 Å². The fourth-order valence-electron chi connectivity index (χ4n) is 3.49. The van der Waals surface area contributed by atoms with E-state index >= 15 is 0 Å². The van der Waals surface area contributed by atoms with E-state index in [1.165, 1.54) is 19.2 Å². The number of amides is 1. The smallest absolute Gasteiger partial charge is 0.323 e. The summed E-state index contributed by atoms with van der Waals surface area (Å²) in [4.78, 5) is 29.6. The van der Waals surface area contributed by atoms with E-state index in [9.17, 15) is 23.1 Å². The predicted molar refractivity (Wildman–Crippen MR) is 134 cm³/mol. The van der Waals surface area contributed by atoms with Gasteiger partial charge in [-0.1, -0.05) is 25.5 Å². The third-order valence-corrected chi connectivity index (χ3v) is 6.76. The van der Waals surface area contributed by atoms with Crippen LogP contribution < -0.4 is 20.9 Å². The molecule has 1 amide bonds. The number of carbonyl (C=O) groups excluding carboxylic acids is 1. The van der Waals surface area contributed by atoms with Crippen molar-refractivity contribution in [2.24, 2.45) is 16.5 Å². The second-order valence-electron chi connectivity index (χ2n) is 8.00. The zero-order valence-electron chi connectivity index (χ0n) is 19.9. The first-order valence-electron chi connectivity index (χ1n) is 11.2. The van der Waals surface area contributed by atoms with Crippen LogP contribution >= 0.6 is 0 Å². The number of aliphatic carboxylic acids is 1. The summed E-state index contributed by atoms with van der Waals surface area (Å²) in [7, 11) is -2.61. The molecule has 0 aliphatic heterocycles. The maximum atomic E-state index is 13.3. The number of carboxylic acids is 1. The molecule has 0 bridgehead atoms.